The van der Waals surface area contributed by atoms with Crippen molar-refractivity contribution in [3.8, 4) is 0 Å². The van der Waals surface area contributed by atoms with Crippen LogP contribution in [0, 0.1) is 0 Å². The zero-order valence-electron chi connectivity index (χ0n) is 16.9. The van der Waals surface area contributed by atoms with Gasteiger partial charge in [-0.3, -0.25) is 0 Å². The fraction of sp³-hybridized carbons (Fsp3) is 0.760. The van der Waals surface area contributed by atoms with Crippen LogP contribution >= 0.6 is 0 Å². The molecule has 0 bridgehead atoms. The molecule has 0 radical (unpaired) electrons. The molecule has 4 rings (SSSR count). The highest BCUT2D eigenvalue weighted by Gasteiger charge is 1.96. The lowest BCUT2D eigenvalue weighted by Gasteiger charge is -2.05. The molecule has 0 aromatic rings. The lowest BCUT2D eigenvalue weighted by atomic mass is 10.0. The summed E-state index contributed by atoms with van der Waals surface area (Å²) in [7, 11) is 0. The molecule has 4 aliphatic carbocycles. The van der Waals surface area contributed by atoms with E-state index in [-0.39, 0.29) is 0 Å². The highest BCUT2D eigenvalue weighted by molar-refractivity contribution is 5.12. The Hall–Kier alpha value is -0.780. The Labute approximate surface area is 158 Å². The van der Waals surface area contributed by atoms with Crippen molar-refractivity contribution in [3.05, 3.63) is 36.5 Å². The van der Waals surface area contributed by atoms with Crippen molar-refractivity contribution in [1.29, 1.82) is 0 Å². The first-order valence-electron chi connectivity index (χ1n) is 11.5. The molecule has 0 N–H and O–H groups in total. The van der Waals surface area contributed by atoms with E-state index < -0.39 is 0 Å². The van der Waals surface area contributed by atoms with Gasteiger partial charge in [0.15, 0.2) is 0 Å². The molecule has 0 saturated heterocycles. The Bertz CT molecular complexity index is 274. The van der Waals surface area contributed by atoms with Crippen molar-refractivity contribution in [2.24, 2.45) is 0 Å². The maximum absolute atomic E-state index is 2.24. The Balaban J connectivity index is 0.000000170. The first-order chi connectivity index (χ1) is 12.5. The summed E-state index contributed by atoms with van der Waals surface area (Å²) in [6.45, 7) is 0. The first kappa shape index (κ1) is 22.3. The predicted molar refractivity (Wildman–Crippen MR) is 115 cm³/mol. The first-order valence-corrected chi connectivity index (χ1v) is 11.5. The van der Waals surface area contributed by atoms with Crippen LogP contribution in [-0.2, 0) is 0 Å². The molecule has 0 heteroatoms. The van der Waals surface area contributed by atoms with Gasteiger partial charge in [0.05, 0.1) is 0 Å². The minimum atomic E-state index is 1.14. The molecule has 0 nitrogen and oxygen atoms in total. The average Bonchev–Trinajstić information content (AvgIpc) is 3.31. The van der Waals surface area contributed by atoms with Crippen molar-refractivity contribution in [2.45, 2.75) is 122 Å². The van der Waals surface area contributed by atoms with Crippen LogP contribution in [0.25, 0.3) is 0 Å². The van der Waals surface area contributed by atoms with Gasteiger partial charge in [-0.25, -0.2) is 0 Å². The second-order valence-electron chi connectivity index (χ2n) is 7.80. The Morgan fingerprint density at radius 1 is 0.280 bits per heavy atom. The fourth-order valence-corrected chi connectivity index (χ4v) is 3.63. The molecule has 0 amide bonds. The van der Waals surface area contributed by atoms with Crippen LogP contribution in [-0.4, -0.2) is 0 Å². The maximum Gasteiger partial charge on any atom is -0.0163 e. The number of hydrogen-bond acceptors (Lipinski definition) is 0. The molecule has 2 saturated carbocycles. The zero-order valence-corrected chi connectivity index (χ0v) is 16.9. The van der Waals surface area contributed by atoms with E-state index >= 15 is 0 Å². The highest BCUT2D eigenvalue weighted by Crippen LogP contribution is 2.16. The van der Waals surface area contributed by atoms with Crippen LogP contribution < -0.4 is 0 Å². The van der Waals surface area contributed by atoms with Gasteiger partial charge in [-0.05, 0) is 25.7 Å². The number of allylic oxidation sites excluding steroid dienone is 6. The quantitative estimate of drug-likeness (QED) is 0.303. The smallest absolute Gasteiger partial charge is 0.0163 e. The fourth-order valence-electron chi connectivity index (χ4n) is 3.63. The molecule has 0 heterocycles. The summed E-state index contributed by atoms with van der Waals surface area (Å²) >= 11 is 0. The monoisotopic (exact) mass is 344 g/mol. The molecule has 0 spiro atoms. The van der Waals surface area contributed by atoms with E-state index in [0.29, 0.717) is 0 Å². The molecule has 2 fully saturated rings. The third kappa shape index (κ3) is 17.8. The molecule has 0 aromatic carbocycles. The topological polar surface area (TPSA) is 0 Å². The number of rotatable bonds is 0. The van der Waals surface area contributed by atoms with E-state index in [9.17, 15) is 0 Å². The summed E-state index contributed by atoms with van der Waals surface area (Å²) in [5.74, 6) is 0. The lowest BCUT2D eigenvalue weighted by Crippen LogP contribution is -1.85. The minimum absolute atomic E-state index is 1.14. The third-order valence-corrected chi connectivity index (χ3v) is 5.31. The molecule has 0 atom stereocenters. The summed E-state index contributed by atoms with van der Waals surface area (Å²) in [6.07, 6.45) is 40.5. The standard InChI is InChI=1S/C8H16.C7H14.C5H8.C5H6/c1-2-4-6-8-7-5-3-1;1-2-4-6-7-5-3-1;2*1-2-4-5-3-1/h1-8H2;1-7H2;1-2H,3-5H2;1-4H,5H2. The van der Waals surface area contributed by atoms with Crippen LogP contribution in [0.1, 0.15) is 122 Å². The van der Waals surface area contributed by atoms with Gasteiger partial charge in [0.1, 0.15) is 0 Å². The van der Waals surface area contributed by atoms with Crippen molar-refractivity contribution in [3.63, 3.8) is 0 Å². The van der Waals surface area contributed by atoms with Gasteiger partial charge in [-0.2, -0.15) is 0 Å². The van der Waals surface area contributed by atoms with Crippen LogP contribution in [0.5, 0.6) is 0 Å². The third-order valence-electron chi connectivity index (χ3n) is 5.31. The lowest BCUT2D eigenvalue weighted by molar-refractivity contribution is 0.504. The van der Waals surface area contributed by atoms with Gasteiger partial charge < -0.3 is 0 Å². The molecule has 0 aromatic heterocycles. The van der Waals surface area contributed by atoms with Gasteiger partial charge >= 0.3 is 0 Å². The van der Waals surface area contributed by atoms with Crippen molar-refractivity contribution < 1.29 is 0 Å². The van der Waals surface area contributed by atoms with Gasteiger partial charge in [0.2, 0.25) is 0 Å². The minimum Gasteiger partial charge on any atom is -0.0885 e. The van der Waals surface area contributed by atoms with Crippen molar-refractivity contribution in [2.75, 3.05) is 0 Å². The summed E-state index contributed by atoms with van der Waals surface area (Å²) in [6, 6.07) is 0. The molecule has 0 aliphatic heterocycles. The van der Waals surface area contributed by atoms with Crippen LogP contribution in [0.4, 0.5) is 0 Å². The van der Waals surface area contributed by atoms with Gasteiger partial charge in [-0.1, -0.05) is 133 Å². The summed E-state index contributed by atoms with van der Waals surface area (Å²) in [5.41, 5.74) is 0. The molecule has 4 aliphatic rings. The second-order valence-corrected chi connectivity index (χ2v) is 7.80. The average molecular weight is 345 g/mol. The van der Waals surface area contributed by atoms with E-state index in [1.165, 1.54) is 116 Å². The van der Waals surface area contributed by atoms with Gasteiger partial charge in [-0.15, -0.1) is 0 Å². The SMILES string of the molecule is C1=CCC=C1.C1=CCCC1.C1CCCCCC1.C1CCCCCCC1. The van der Waals surface area contributed by atoms with Crippen molar-refractivity contribution in [1.82, 2.24) is 0 Å². The molecular formula is C25H44. The Kier molecular flexibility index (Phi) is 17.4. The van der Waals surface area contributed by atoms with E-state index in [1.807, 2.05) is 0 Å². The van der Waals surface area contributed by atoms with E-state index in [4.69, 9.17) is 0 Å². The molecule has 0 unspecified atom stereocenters. The summed E-state index contributed by atoms with van der Waals surface area (Å²) in [5, 5.41) is 0. The van der Waals surface area contributed by atoms with Gasteiger partial charge in [0, 0.05) is 0 Å². The van der Waals surface area contributed by atoms with Gasteiger partial charge in [0.25, 0.3) is 0 Å². The van der Waals surface area contributed by atoms with Crippen molar-refractivity contribution >= 4 is 0 Å². The van der Waals surface area contributed by atoms with E-state index in [1.54, 1.807) is 0 Å². The van der Waals surface area contributed by atoms with E-state index in [0.717, 1.165) is 6.42 Å². The van der Waals surface area contributed by atoms with Crippen LogP contribution in [0.15, 0.2) is 36.5 Å². The molecule has 25 heavy (non-hydrogen) atoms. The summed E-state index contributed by atoms with van der Waals surface area (Å²) in [4.78, 5) is 0. The summed E-state index contributed by atoms with van der Waals surface area (Å²) < 4.78 is 0. The highest BCUT2D eigenvalue weighted by atomic mass is 14.0. The van der Waals surface area contributed by atoms with Crippen LogP contribution in [0.3, 0.4) is 0 Å². The second kappa shape index (κ2) is 19.5. The van der Waals surface area contributed by atoms with E-state index in [2.05, 4.69) is 36.5 Å². The molecule has 144 valence electrons. The normalized spacial score (nSPS) is 22.1. The zero-order chi connectivity index (χ0) is 17.7. The number of hydrogen-bond donors (Lipinski definition) is 0. The molecular weight excluding hydrogens is 300 g/mol. The largest absolute Gasteiger partial charge is 0.0885 e. The Morgan fingerprint density at radius 3 is 0.680 bits per heavy atom. The Morgan fingerprint density at radius 2 is 0.560 bits per heavy atom. The van der Waals surface area contributed by atoms with Crippen LogP contribution in [0.2, 0.25) is 0 Å². The maximum atomic E-state index is 2.24. The predicted octanol–water partition coefficient (Wildman–Crippen LogP) is 9.08.